The third kappa shape index (κ3) is 3.63. The number of hydrogen-bond acceptors (Lipinski definition) is 2. The van der Waals surface area contributed by atoms with Crippen molar-refractivity contribution in [2.75, 3.05) is 19.6 Å². The molecule has 0 unspecified atom stereocenters. The van der Waals surface area contributed by atoms with Crippen LogP contribution in [-0.4, -0.2) is 64.5 Å². The first-order valence-corrected chi connectivity index (χ1v) is 11.6. The third-order valence-electron chi connectivity index (χ3n) is 7.74. The van der Waals surface area contributed by atoms with Gasteiger partial charge in [0, 0.05) is 31.7 Å². The summed E-state index contributed by atoms with van der Waals surface area (Å²) in [7, 11) is 0. The molecule has 26 heavy (non-hydrogen) atoms. The Morgan fingerprint density at radius 1 is 0.731 bits per heavy atom. The summed E-state index contributed by atoms with van der Waals surface area (Å²) < 4.78 is 0. The summed E-state index contributed by atoms with van der Waals surface area (Å²) in [5.41, 5.74) is 0. The number of nitrogens with zero attached hydrogens (tertiary/aromatic N) is 3. The lowest BCUT2D eigenvalue weighted by molar-refractivity contribution is 0.0737. The summed E-state index contributed by atoms with van der Waals surface area (Å²) in [6, 6.07) is 2.68. The molecule has 0 spiro atoms. The number of likely N-dealkylation sites (tertiary alicyclic amines) is 1. The Labute approximate surface area is 160 Å². The zero-order valence-electron chi connectivity index (χ0n) is 16.9. The fourth-order valence-corrected chi connectivity index (χ4v) is 6.34. The van der Waals surface area contributed by atoms with Crippen LogP contribution in [0.4, 0.5) is 4.79 Å². The molecule has 0 aromatic carbocycles. The highest BCUT2D eigenvalue weighted by Gasteiger charge is 2.48. The second-order valence-electron chi connectivity index (χ2n) is 9.16. The second kappa shape index (κ2) is 8.50. The van der Waals surface area contributed by atoms with Crippen molar-refractivity contribution in [3.63, 3.8) is 0 Å². The molecular weight excluding hydrogens is 322 g/mol. The van der Waals surface area contributed by atoms with Crippen molar-refractivity contribution < 1.29 is 4.79 Å². The summed E-state index contributed by atoms with van der Waals surface area (Å²) in [5.74, 6) is 0. The highest BCUT2D eigenvalue weighted by molar-refractivity contribution is 5.78. The van der Waals surface area contributed by atoms with Gasteiger partial charge in [0.2, 0.25) is 0 Å². The molecule has 2 saturated heterocycles. The molecule has 0 aromatic heterocycles. The minimum Gasteiger partial charge on any atom is -0.320 e. The lowest BCUT2D eigenvalue weighted by Gasteiger charge is -2.43. The maximum absolute atomic E-state index is 13.1. The molecule has 2 aliphatic heterocycles. The average molecular weight is 362 g/mol. The van der Waals surface area contributed by atoms with E-state index in [1.54, 1.807) is 0 Å². The first-order chi connectivity index (χ1) is 12.8. The van der Waals surface area contributed by atoms with Crippen LogP contribution in [0.15, 0.2) is 0 Å². The first-order valence-electron chi connectivity index (χ1n) is 11.6. The van der Waals surface area contributed by atoms with Crippen LogP contribution in [0.3, 0.4) is 0 Å². The smallest absolute Gasteiger partial charge is 0.320 e. The number of piperidine rings is 1. The van der Waals surface area contributed by atoms with Gasteiger partial charge in [-0.1, -0.05) is 44.9 Å². The van der Waals surface area contributed by atoms with Crippen molar-refractivity contribution in [3.8, 4) is 0 Å². The number of carbonyl (C=O) groups is 1. The molecule has 2 aliphatic carbocycles. The maximum atomic E-state index is 13.1. The number of amides is 2. The van der Waals surface area contributed by atoms with Crippen molar-refractivity contribution in [1.29, 1.82) is 0 Å². The van der Waals surface area contributed by atoms with Gasteiger partial charge in [0.25, 0.3) is 0 Å². The van der Waals surface area contributed by atoms with Crippen LogP contribution in [0, 0.1) is 0 Å². The van der Waals surface area contributed by atoms with E-state index in [9.17, 15) is 4.79 Å². The maximum Gasteiger partial charge on any atom is 0.320 e. The molecule has 0 aromatic rings. The molecule has 2 amide bonds. The van der Waals surface area contributed by atoms with Crippen LogP contribution in [0.2, 0.25) is 0 Å². The zero-order chi connectivity index (χ0) is 17.9. The SMILES string of the molecule is CCN1C(=O)N(C2CCN(C3CCCCCCC3)CC2)[C@@H]2CCCC[C@H]21. The molecule has 0 radical (unpaired) electrons. The van der Waals surface area contributed by atoms with Gasteiger partial charge in [-0.05, 0) is 45.4 Å². The molecule has 4 rings (SSSR count). The van der Waals surface area contributed by atoms with Gasteiger partial charge in [-0.2, -0.15) is 0 Å². The van der Waals surface area contributed by atoms with Crippen molar-refractivity contribution in [2.45, 2.75) is 115 Å². The Morgan fingerprint density at radius 3 is 1.96 bits per heavy atom. The summed E-state index contributed by atoms with van der Waals surface area (Å²) in [4.78, 5) is 20.4. The van der Waals surface area contributed by atoms with Crippen LogP contribution in [0.25, 0.3) is 0 Å². The van der Waals surface area contributed by atoms with Gasteiger partial charge in [-0.15, -0.1) is 0 Å². The van der Waals surface area contributed by atoms with E-state index < -0.39 is 0 Å². The Bertz CT molecular complexity index is 466. The molecule has 4 heteroatoms. The van der Waals surface area contributed by atoms with E-state index in [2.05, 4.69) is 21.6 Å². The van der Waals surface area contributed by atoms with E-state index >= 15 is 0 Å². The highest BCUT2D eigenvalue weighted by Crippen LogP contribution is 2.37. The van der Waals surface area contributed by atoms with E-state index in [-0.39, 0.29) is 0 Å². The van der Waals surface area contributed by atoms with Crippen LogP contribution < -0.4 is 0 Å². The first kappa shape index (κ1) is 18.6. The number of fused-ring (bicyclic) bond motifs is 1. The number of urea groups is 1. The lowest BCUT2D eigenvalue weighted by Crippen LogP contribution is -2.51. The molecule has 4 nitrogen and oxygen atoms in total. The van der Waals surface area contributed by atoms with E-state index in [1.807, 2.05) is 0 Å². The second-order valence-corrected chi connectivity index (χ2v) is 9.16. The summed E-state index contributed by atoms with van der Waals surface area (Å²) in [6.45, 7) is 5.47. The van der Waals surface area contributed by atoms with E-state index in [0.29, 0.717) is 24.2 Å². The van der Waals surface area contributed by atoms with Crippen LogP contribution in [0.1, 0.15) is 90.4 Å². The molecule has 2 saturated carbocycles. The van der Waals surface area contributed by atoms with E-state index in [4.69, 9.17) is 0 Å². The Balaban J connectivity index is 1.37. The van der Waals surface area contributed by atoms with Gasteiger partial charge in [0.15, 0.2) is 0 Å². The number of carbonyl (C=O) groups excluding carboxylic acids is 1. The molecule has 4 aliphatic rings. The fraction of sp³-hybridized carbons (Fsp3) is 0.955. The highest BCUT2D eigenvalue weighted by atomic mass is 16.2. The van der Waals surface area contributed by atoms with Crippen LogP contribution in [-0.2, 0) is 0 Å². The van der Waals surface area contributed by atoms with E-state index in [0.717, 1.165) is 12.6 Å². The van der Waals surface area contributed by atoms with Crippen molar-refractivity contribution in [1.82, 2.24) is 14.7 Å². The Morgan fingerprint density at radius 2 is 1.31 bits per heavy atom. The summed E-state index contributed by atoms with van der Waals surface area (Å²) in [6.07, 6.45) is 17.4. The predicted octanol–water partition coefficient (Wildman–Crippen LogP) is 4.63. The Hall–Kier alpha value is -0.770. The quantitative estimate of drug-likeness (QED) is 0.732. The van der Waals surface area contributed by atoms with Crippen LogP contribution in [0.5, 0.6) is 0 Å². The predicted molar refractivity (Wildman–Crippen MR) is 106 cm³/mol. The lowest BCUT2D eigenvalue weighted by atomic mass is 9.88. The molecular formula is C22H39N3O. The molecule has 0 N–H and O–H groups in total. The van der Waals surface area contributed by atoms with Crippen molar-refractivity contribution in [3.05, 3.63) is 0 Å². The standard InChI is InChI=1S/C22H39N3O/c1-2-24-20-12-8-9-13-21(20)25(22(24)26)19-14-16-23(17-15-19)18-10-6-4-3-5-7-11-18/h18-21H,2-17H2,1H3/t20-,21-/m1/s1. The Kier molecular flexibility index (Phi) is 6.07. The van der Waals surface area contributed by atoms with Crippen molar-refractivity contribution >= 4 is 6.03 Å². The molecule has 2 heterocycles. The number of likely N-dealkylation sites (N-methyl/N-ethyl adjacent to an activating group) is 1. The zero-order valence-corrected chi connectivity index (χ0v) is 16.9. The molecule has 0 bridgehead atoms. The van der Waals surface area contributed by atoms with E-state index in [1.165, 1.54) is 96.6 Å². The van der Waals surface area contributed by atoms with Gasteiger partial charge in [-0.25, -0.2) is 4.79 Å². The normalized spacial score (nSPS) is 33.2. The minimum atomic E-state index is 0.355. The topological polar surface area (TPSA) is 26.8 Å². The molecule has 148 valence electrons. The number of hydrogen-bond donors (Lipinski definition) is 0. The summed E-state index contributed by atoms with van der Waals surface area (Å²) >= 11 is 0. The van der Waals surface area contributed by atoms with Crippen molar-refractivity contribution in [2.24, 2.45) is 0 Å². The fourth-order valence-electron chi connectivity index (χ4n) is 6.34. The minimum absolute atomic E-state index is 0.355. The summed E-state index contributed by atoms with van der Waals surface area (Å²) in [5, 5.41) is 0. The monoisotopic (exact) mass is 361 g/mol. The van der Waals surface area contributed by atoms with Crippen LogP contribution >= 0.6 is 0 Å². The van der Waals surface area contributed by atoms with Gasteiger partial charge in [0.05, 0.1) is 12.1 Å². The number of rotatable bonds is 3. The molecule has 2 atom stereocenters. The third-order valence-corrected chi connectivity index (χ3v) is 7.74. The van der Waals surface area contributed by atoms with Gasteiger partial charge in [-0.3, -0.25) is 0 Å². The van der Waals surface area contributed by atoms with Gasteiger partial charge in [0.1, 0.15) is 0 Å². The van der Waals surface area contributed by atoms with Gasteiger partial charge < -0.3 is 14.7 Å². The molecule has 4 fully saturated rings. The largest absolute Gasteiger partial charge is 0.320 e. The average Bonchev–Trinajstić information content (AvgIpc) is 2.93. The van der Waals surface area contributed by atoms with Gasteiger partial charge >= 0.3 is 6.03 Å².